The maximum absolute atomic E-state index is 12.8. The number of nitrogens with one attached hydrogen (secondary N) is 2. The summed E-state index contributed by atoms with van der Waals surface area (Å²) in [6.45, 7) is 2.13. The van der Waals surface area contributed by atoms with Gasteiger partial charge in [-0.2, -0.15) is 5.10 Å². The second-order valence-corrected chi connectivity index (χ2v) is 11.1. The summed E-state index contributed by atoms with van der Waals surface area (Å²) in [5.74, 6) is -0.181. The number of aromatic amines is 1. The molecule has 1 amide bonds. The molecule has 6 rings (SSSR count). The van der Waals surface area contributed by atoms with Crippen LogP contribution in [0.5, 0.6) is 0 Å². The van der Waals surface area contributed by atoms with E-state index in [0.29, 0.717) is 12.1 Å². The number of hydrogen-bond donors (Lipinski definition) is 3. The average molecular weight is 562 g/mol. The van der Waals surface area contributed by atoms with Crippen LogP contribution in [0, 0.1) is 0 Å². The molecule has 0 aliphatic heterocycles. The van der Waals surface area contributed by atoms with Gasteiger partial charge in [0.2, 0.25) is 5.91 Å². The van der Waals surface area contributed by atoms with Gasteiger partial charge in [0.15, 0.2) is 5.65 Å². The standard InChI is InChI=1S/C34H35N5O3/c1-2-3-5-11-26(40)16-17-30(41)36-34(19-8-20-34)25-14-12-24(13-15-25)31-27(23-9-6-4-7-10-23)22-28-29(35-31)18-21-39-32(28)37-38-33(39)42/h4,6-7,9-10,12-18,21-22,26,40H,2-3,5,8,11,19-20H2,1H3,(H,36,41)(H,38,42). The van der Waals surface area contributed by atoms with Gasteiger partial charge >= 0.3 is 5.69 Å². The van der Waals surface area contributed by atoms with E-state index < -0.39 is 11.6 Å². The smallest absolute Gasteiger partial charge is 0.347 e. The van der Waals surface area contributed by atoms with Crippen LogP contribution in [0.2, 0.25) is 0 Å². The van der Waals surface area contributed by atoms with Crippen LogP contribution in [0.1, 0.15) is 57.4 Å². The van der Waals surface area contributed by atoms with Crippen molar-refractivity contribution in [1.29, 1.82) is 0 Å². The number of benzene rings is 2. The lowest BCUT2D eigenvalue weighted by atomic mass is 9.71. The third-order valence-electron chi connectivity index (χ3n) is 8.32. The molecule has 42 heavy (non-hydrogen) atoms. The number of hydrogen-bond acceptors (Lipinski definition) is 5. The Balaban J connectivity index is 1.31. The molecule has 1 aliphatic rings. The van der Waals surface area contributed by atoms with Crippen molar-refractivity contribution >= 4 is 22.5 Å². The second kappa shape index (κ2) is 11.7. The molecule has 214 valence electrons. The third kappa shape index (κ3) is 5.37. The summed E-state index contributed by atoms with van der Waals surface area (Å²) in [4.78, 5) is 30.0. The van der Waals surface area contributed by atoms with E-state index in [4.69, 9.17) is 4.98 Å². The zero-order valence-electron chi connectivity index (χ0n) is 23.7. The van der Waals surface area contributed by atoms with E-state index in [-0.39, 0.29) is 11.6 Å². The number of rotatable bonds is 10. The Kier molecular flexibility index (Phi) is 7.71. The van der Waals surface area contributed by atoms with Gasteiger partial charge in [0.1, 0.15) is 0 Å². The molecule has 1 fully saturated rings. The van der Waals surface area contributed by atoms with E-state index in [9.17, 15) is 14.7 Å². The zero-order valence-corrected chi connectivity index (χ0v) is 23.7. The van der Waals surface area contributed by atoms with E-state index in [1.165, 1.54) is 10.5 Å². The Morgan fingerprint density at radius 1 is 1.10 bits per heavy atom. The van der Waals surface area contributed by atoms with Crippen molar-refractivity contribution in [2.75, 3.05) is 0 Å². The normalized spacial score (nSPS) is 15.2. The third-order valence-corrected chi connectivity index (χ3v) is 8.32. The number of H-pyrrole nitrogens is 1. The van der Waals surface area contributed by atoms with Gasteiger partial charge in [-0.05, 0) is 48.9 Å². The largest absolute Gasteiger partial charge is 0.389 e. The molecule has 1 unspecified atom stereocenters. The Morgan fingerprint density at radius 2 is 1.88 bits per heavy atom. The molecular formula is C34H35N5O3. The highest BCUT2D eigenvalue weighted by Crippen LogP contribution is 2.42. The van der Waals surface area contributed by atoms with Crippen LogP contribution in [-0.4, -0.2) is 36.7 Å². The summed E-state index contributed by atoms with van der Waals surface area (Å²) in [7, 11) is 0. The molecule has 5 aromatic rings. The maximum Gasteiger partial charge on any atom is 0.347 e. The minimum atomic E-state index is -0.600. The van der Waals surface area contributed by atoms with Crippen molar-refractivity contribution < 1.29 is 9.90 Å². The first-order valence-electron chi connectivity index (χ1n) is 14.7. The topological polar surface area (TPSA) is 112 Å². The van der Waals surface area contributed by atoms with Crippen LogP contribution >= 0.6 is 0 Å². The summed E-state index contributed by atoms with van der Waals surface area (Å²) in [6, 6.07) is 22.2. The van der Waals surface area contributed by atoms with Gasteiger partial charge in [0.05, 0.1) is 22.9 Å². The summed E-state index contributed by atoms with van der Waals surface area (Å²) in [5.41, 5.74) is 5.37. The Morgan fingerprint density at radius 3 is 2.60 bits per heavy atom. The minimum absolute atomic E-state index is 0.181. The number of carbonyl (C=O) groups excluding carboxylic acids is 1. The van der Waals surface area contributed by atoms with Crippen molar-refractivity contribution in [3.63, 3.8) is 0 Å². The van der Waals surface area contributed by atoms with Gasteiger partial charge in [0.25, 0.3) is 0 Å². The van der Waals surface area contributed by atoms with E-state index in [0.717, 1.165) is 77.4 Å². The highest BCUT2D eigenvalue weighted by molar-refractivity contribution is 5.98. The number of aliphatic hydroxyl groups excluding tert-OH is 1. The molecule has 3 aromatic heterocycles. The van der Waals surface area contributed by atoms with Gasteiger partial charge < -0.3 is 10.4 Å². The number of nitrogens with zero attached hydrogens (tertiary/aromatic N) is 3. The lowest BCUT2D eigenvalue weighted by molar-refractivity contribution is -0.119. The summed E-state index contributed by atoms with van der Waals surface area (Å²) in [5, 5.41) is 20.9. The van der Waals surface area contributed by atoms with E-state index >= 15 is 0 Å². The van der Waals surface area contributed by atoms with E-state index in [1.54, 1.807) is 12.3 Å². The molecule has 0 saturated heterocycles. The number of unbranched alkanes of at least 4 members (excludes halogenated alkanes) is 2. The Hall–Kier alpha value is -4.56. The molecule has 3 N–H and O–H groups in total. The van der Waals surface area contributed by atoms with Crippen LogP contribution in [0.15, 0.2) is 89.9 Å². The number of pyridine rings is 2. The maximum atomic E-state index is 12.8. The highest BCUT2D eigenvalue weighted by Gasteiger charge is 2.39. The number of amides is 1. The van der Waals surface area contributed by atoms with Crippen molar-refractivity contribution in [1.82, 2.24) is 24.9 Å². The molecule has 1 atom stereocenters. The first kappa shape index (κ1) is 27.6. The van der Waals surface area contributed by atoms with Gasteiger partial charge in [0, 0.05) is 28.8 Å². The monoisotopic (exact) mass is 561 g/mol. The molecule has 0 bridgehead atoms. The number of carbonyl (C=O) groups is 1. The van der Waals surface area contributed by atoms with Crippen molar-refractivity contribution in [2.24, 2.45) is 0 Å². The number of fused-ring (bicyclic) bond motifs is 3. The van der Waals surface area contributed by atoms with Gasteiger partial charge in [-0.3, -0.25) is 4.79 Å². The summed E-state index contributed by atoms with van der Waals surface area (Å²) in [6.07, 6.45) is 10.7. The van der Waals surface area contributed by atoms with Crippen LogP contribution in [0.4, 0.5) is 0 Å². The summed E-state index contributed by atoms with van der Waals surface area (Å²) < 4.78 is 1.49. The number of aliphatic hydroxyl groups is 1. The van der Waals surface area contributed by atoms with Gasteiger partial charge in [-0.1, -0.05) is 86.9 Å². The SMILES string of the molecule is CCCCCC(O)C=CC(=O)NC1(c2ccc(-c3nc4ccn5c(=O)[nH]nc5c4cc3-c3ccccc3)cc2)CCC1. The van der Waals surface area contributed by atoms with Crippen LogP contribution in [0.3, 0.4) is 0 Å². The Bertz CT molecular complexity index is 1800. The highest BCUT2D eigenvalue weighted by atomic mass is 16.3. The quantitative estimate of drug-likeness (QED) is 0.145. The van der Waals surface area contributed by atoms with Crippen molar-refractivity contribution in [3.8, 4) is 22.4 Å². The van der Waals surface area contributed by atoms with E-state index in [2.05, 4.69) is 46.7 Å². The van der Waals surface area contributed by atoms with E-state index in [1.807, 2.05) is 42.5 Å². The average Bonchev–Trinajstić information content (AvgIpc) is 3.39. The molecule has 1 saturated carbocycles. The lowest BCUT2D eigenvalue weighted by Gasteiger charge is -2.43. The molecule has 2 aromatic carbocycles. The molecular weight excluding hydrogens is 526 g/mol. The summed E-state index contributed by atoms with van der Waals surface area (Å²) >= 11 is 0. The van der Waals surface area contributed by atoms with Crippen LogP contribution in [-0.2, 0) is 10.3 Å². The fourth-order valence-electron chi connectivity index (χ4n) is 5.81. The molecule has 0 radical (unpaired) electrons. The van der Waals surface area contributed by atoms with Gasteiger partial charge in [-0.25, -0.2) is 19.3 Å². The zero-order chi connectivity index (χ0) is 29.1. The van der Waals surface area contributed by atoms with Crippen LogP contribution < -0.4 is 11.0 Å². The van der Waals surface area contributed by atoms with Crippen LogP contribution in [0.25, 0.3) is 38.9 Å². The Labute approximate surface area is 244 Å². The predicted octanol–water partition coefficient (Wildman–Crippen LogP) is 5.90. The second-order valence-electron chi connectivity index (χ2n) is 11.1. The minimum Gasteiger partial charge on any atom is -0.389 e. The van der Waals surface area contributed by atoms with Crippen molar-refractivity contribution in [2.45, 2.75) is 63.5 Å². The molecule has 8 heteroatoms. The predicted molar refractivity (Wildman–Crippen MR) is 165 cm³/mol. The molecule has 8 nitrogen and oxygen atoms in total. The fraction of sp³-hybridized carbons (Fsp3) is 0.294. The lowest BCUT2D eigenvalue weighted by Crippen LogP contribution is -2.50. The molecule has 1 aliphatic carbocycles. The number of aromatic nitrogens is 4. The van der Waals surface area contributed by atoms with Crippen molar-refractivity contribution in [3.05, 3.63) is 101 Å². The first-order valence-corrected chi connectivity index (χ1v) is 14.7. The molecule has 3 heterocycles. The van der Waals surface area contributed by atoms with Gasteiger partial charge in [-0.15, -0.1) is 0 Å². The fourth-order valence-corrected chi connectivity index (χ4v) is 5.81. The first-order chi connectivity index (χ1) is 20.5. The molecule has 0 spiro atoms.